The third-order valence-corrected chi connectivity index (χ3v) is 7.05. The Balaban J connectivity index is 2.03. The normalized spacial score (nSPS) is 22.8. The number of carboxylic acid groups (broad SMARTS) is 1. The summed E-state index contributed by atoms with van der Waals surface area (Å²) in [6.45, 7) is 6.00. The summed E-state index contributed by atoms with van der Waals surface area (Å²) >= 11 is 1.19. The van der Waals surface area contributed by atoms with Crippen molar-refractivity contribution in [1.29, 1.82) is 0 Å². The van der Waals surface area contributed by atoms with Crippen molar-refractivity contribution in [2.75, 3.05) is 4.90 Å². The first-order valence-corrected chi connectivity index (χ1v) is 11.1. The SMILES string of the molecule is CCC(C)N(C(=O)[C@@H]1CC[C@@H](C)C[C@@H]1O)c1cc(-c2ccccc2)sc1C(=O)O. The molecule has 4 atom stereocenters. The zero-order valence-electron chi connectivity index (χ0n) is 17.2. The molecule has 0 saturated heterocycles. The summed E-state index contributed by atoms with van der Waals surface area (Å²) in [6, 6.07) is 11.2. The number of carboxylic acids is 1. The molecule has 29 heavy (non-hydrogen) atoms. The Hall–Kier alpha value is -2.18. The molecule has 1 aliphatic rings. The molecular weight excluding hydrogens is 386 g/mol. The van der Waals surface area contributed by atoms with E-state index in [2.05, 4.69) is 6.92 Å². The van der Waals surface area contributed by atoms with Gasteiger partial charge in [0.05, 0.1) is 17.7 Å². The molecule has 2 N–H and O–H groups in total. The molecule has 0 radical (unpaired) electrons. The fraction of sp³-hybridized carbons (Fsp3) is 0.478. The van der Waals surface area contributed by atoms with Crippen LogP contribution in [0.2, 0.25) is 0 Å². The molecule has 156 valence electrons. The van der Waals surface area contributed by atoms with E-state index < -0.39 is 18.0 Å². The Labute approximate surface area is 176 Å². The minimum absolute atomic E-state index is 0.162. The highest BCUT2D eigenvalue weighted by Crippen LogP contribution is 2.40. The second-order valence-electron chi connectivity index (χ2n) is 8.05. The van der Waals surface area contributed by atoms with Crippen molar-refractivity contribution in [3.63, 3.8) is 0 Å². The standard InChI is InChI=1S/C23H29NO4S/c1-4-15(3)24(22(26)17-11-10-14(2)12-19(17)25)18-13-20(29-21(18)23(27)28)16-8-6-5-7-9-16/h5-9,13-15,17,19,25H,4,10-12H2,1-3H3,(H,27,28)/t14-,15?,17-,19+/m1/s1. The van der Waals surface area contributed by atoms with Crippen LogP contribution in [0.15, 0.2) is 36.4 Å². The van der Waals surface area contributed by atoms with Gasteiger partial charge >= 0.3 is 5.97 Å². The van der Waals surface area contributed by atoms with Gasteiger partial charge in [0.2, 0.25) is 5.91 Å². The van der Waals surface area contributed by atoms with Crippen molar-refractivity contribution >= 4 is 28.9 Å². The average molecular weight is 416 g/mol. The number of aliphatic hydroxyl groups is 1. The zero-order chi connectivity index (χ0) is 21.1. The molecular formula is C23H29NO4S. The summed E-state index contributed by atoms with van der Waals surface area (Å²) in [5.41, 5.74) is 1.36. The van der Waals surface area contributed by atoms with Gasteiger partial charge in [0.25, 0.3) is 0 Å². The fourth-order valence-electron chi connectivity index (χ4n) is 4.03. The predicted octanol–water partition coefficient (Wildman–Crippen LogP) is 5.04. The molecule has 1 heterocycles. The van der Waals surface area contributed by atoms with Crippen LogP contribution in [0.3, 0.4) is 0 Å². The van der Waals surface area contributed by atoms with E-state index in [-0.39, 0.29) is 16.8 Å². The van der Waals surface area contributed by atoms with Gasteiger partial charge in [0.15, 0.2) is 0 Å². The molecule has 1 saturated carbocycles. The largest absolute Gasteiger partial charge is 0.477 e. The Bertz CT molecular complexity index is 863. The molecule has 2 aromatic rings. The lowest BCUT2D eigenvalue weighted by atomic mass is 9.79. The molecule has 3 rings (SSSR count). The highest BCUT2D eigenvalue weighted by molar-refractivity contribution is 7.18. The topological polar surface area (TPSA) is 77.8 Å². The quantitative estimate of drug-likeness (QED) is 0.693. The van der Waals surface area contributed by atoms with Gasteiger partial charge in [-0.15, -0.1) is 11.3 Å². The number of aliphatic hydroxyl groups excluding tert-OH is 1. The number of benzene rings is 1. The predicted molar refractivity (Wildman–Crippen MR) is 116 cm³/mol. The van der Waals surface area contributed by atoms with Crippen molar-refractivity contribution < 1.29 is 19.8 Å². The Kier molecular flexibility index (Phi) is 6.75. The van der Waals surface area contributed by atoms with Gasteiger partial charge in [-0.1, -0.05) is 44.2 Å². The number of thiophene rings is 1. The molecule has 0 aliphatic heterocycles. The van der Waals surface area contributed by atoms with Gasteiger partial charge in [0.1, 0.15) is 4.88 Å². The minimum Gasteiger partial charge on any atom is -0.477 e. The maximum atomic E-state index is 13.5. The van der Waals surface area contributed by atoms with Crippen LogP contribution in [0.25, 0.3) is 10.4 Å². The molecule has 0 spiro atoms. The number of aromatic carboxylic acids is 1. The van der Waals surface area contributed by atoms with Gasteiger partial charge in [0, 0.05) is 10.9 Å². The van der Waals surface area contributed by atoms with Crippen LogP contribution in [0, 0.1) is 11.8 Å². The summed E-state index contributed by atoms with van der Waals surface area (Å²) in [5, 5.41) is 20.4. The number of anilines is 1. The van der Waals surface area contributed by atoms with Gasteiger partial charge in [-0.3, -0.25) is 4.79 Å². The van der Waals surface area contributed by atoms with E-state index in [0.717, 1.165) is 16.9 Å². The van der Waals surface area contributed by atoms with E-state index in [9.17, 15) is 19.8 Å². The Morgan fingerprint density at radius 1 is 1.24 bits per heavy atom. The van der Waals surface area contributed by atoms with E-state index in [1.165, 1.54) is 11.3 Å². The summed E-state index contributed by atoms with van der Waals surface area (Å²) in [7, 11) is 0. The van der Waals surface area contributed by atoms with Crippen LogP contribution in [0.5, 0.6) is 0 Å². The smallest absolute Gasteiger partial charge is 0.348 e. The number of hydrogen-bond acceptors (Lipinski definition) is 4. The lowest BCUT2D eigenvalue weighted by Crippen LogP contribution is -2.47. The van der Waals surface area contributed by atoms with E-state index in [1.54, 1.807) is 4.90 Å². The average Bonchev–Trinajstić information content (AvgIpc) is 3.13. The first-order chi connectivity index (χ1) is 13.8. The monoisotopic (exact) mass is 415 g/mol. The second kappa shape index (κ2) is 9.09. The molecule has 6 heteroatoms. The molecule has 1 aromatic carbocycles. The maximum Gasteiger partial charge on any atom is 0.348 e. The highest BCUT2D eigenvalue weighted by atomic mass is 32.1. The van der Waals surface area contributed by atoms with Gasteiger partial charge in [-0.2, -0.15) is 0 Å². The number of hydrogen-bond donors (Lipinski definition) is 2. The third-order valence-electron chi connectivity index (χ3n) is 5.89. The maximum absolute atomic E-state index is 13.5. The second-order valence-corrected chi connectivity index (χ2v) is 9.11. The molecule has 1 unspecified atom stereocenters. The first kappa shape index (κ1) is 21.5. The summed E-state index contributed by atoms with van der Waals surface area (Å²) in [5.74, 6) is -1.29. The molecule has 1 aromatic heterocycles. The van der Waals surface area contributed by atoms with Crippen LogP contribution < -0.4 is 4.90 Å². The lowest BCUT2D eigenvalue weighted by molar-refractivity contribution is -0.128. The minimum atomic E-state index is -1.04. The molecule has 0 bridgehead atoms. The van der Waals surface area contributed by atoms with Crippen molar-refractivity contribution in [2.24, 2.45) is 11.8 Å². The van der Waals surface area contributed by atoms with E-state index in [4.69, 9.17) is 0 Å². The van der Waals surface area contributed by atoms with Crippen molar-refractivity contribution in [1.82, 2.24) is 0 Å². The zero-order valence-corrected chi connectivity index (χ0v) is 18.0. The van der Waals surface area contributed by atoms with Crippen molar-refractivity contribution in [3.05, 3.63) is 41.3 Å². The van der Waals surface area contributed by atoms with Crippen LogP contribution >= 0.6 is 11.3 Å². The first-order valence-electron chi connectivity index (χ1n) is 10.3. The molecule has 1 aliphatic carbocycles. The van der Waals surface area contributed by atoms with Crippen LogP contribution in [0.4, 0.5) is 5.69 Å². The Morgan fingerprint density at radius 3 is 2.52 bits per heavy atom. The van der Waals surface area contributed by atoms with Gasteiger partial charge < -0.3 is 15.1 Å². The van der Waals surface area contributed by atoms with Crippen LogP contribution in [-0.4, -0.2) is 34.2 Å². The third kappa shape index (κ3) is 4.54. The van der Waals surface area contributed by atoms with E-state index in [0.29, 0.717) is 30.9 Å². The van der Waals surface area contributed by atoms with Crippen molar-refractivity contribution in [2.45, 2.75) is 58.6 Å². The molecule has 1 amide bonds. The molecule has 5 nitrogen and oxygen atoms in total. The Morgan fingerprint density at radius 2 is 1.93 bits per heavy atom. The fourth-order valence-corrected chi connectivity index (χ4v) is 5.03. The highest BCUT2D eigenvalue weighted by Gasteiger charge is 2.38. The number of rotatable bonds is 6. The lowest BCUT2D eigenvalue weighted by Gasteiger charge is -2.36. The van der Waals surface area contributed by atoms with Gasteiger partial charge in [-0.05, 0) is 50.2 Å². The van der Waals surface area contributed by atoms with E-state index >= 15 is 0 Å². The summed E-state index contributed by atoms with van der Waals surface area (Å²) < 4.78 is 0. The summed E-state index contributed by atoms with van der Waals surface area (Å²) in [6.07, 6.45) is 2.15. The van der Waals surface area contributed by atoms with Crippen LogP contribution in [0.1, 0.15) is 56.1 Å². The van der Waals surface area contributed by atoms with Crippen molar-refractivity contribution in [3.8, 4) is 10.4 Å². The number of nitrogens with zero attached hydrogens (tertiary/aromatic N) is 1. The molecule has 1 fully saturated rings. The van der Waals surface area contributed by atoms with Gasteiger partial charge in [-0.25, -0.2) is 4.79 Å². The number of carbonyl (C=O) groups excluding carboxylic acids is 1. The van der Waals surface area contributed by atoms with Crippen LogP contribution in [-0.2, 0) is 4.79 Å². The van der Waals surface area contributed by atoms with E-state index in [1.807, 2.05) is 50.2 Å². The summed E-state index contributed by atoms with van der Waals surface area (Å²) in [4.78, 5) is 28.1. The number of carbonyl (C=O) groups is 2. The number of amides is 1.